The number of likely N-dealkylation sites (tertiary alicyclic amines) is 1. The molecular formula is C33H45N3O12S. The van der Waals surface area contributed by atoms with Crippen molar-refractivity contribution >= 4 is 35.3 Å². The zero-order valence-corrected chi connectivity index (χ0v) is 28.0. The van der Waals surface area contributed by atoms with Gasteiger partial charge in [0.2, 0.25) is 5.91 Å². The first-order valence-corrected chi connectivity index (χ1v) is 17.3. The highest BCUT2D eigenvalue weighted by atomic mass is 32.2. The van der Waals surface area contributed by atoms with Gasteiger partial charge >= 0.3 is 5.97 Å². The molecule has 0 saturated carbocycles. The molecule has 1 aromatic carbocycles. The number of allylic oxidation sites excluding steroid dienone is 1. The van der Waals surface area contributed by atoms with Gasteiger partial charge in [-0.1, -0.05) is 23.4 Å². The van der Waals surface area contributed by atoms with Crippen LogP contribution < -0.4 is 5.32 Å². The molecule has 16 heteroatoms. The molecule has 2 saturated heterocycles. The van der Waals surface area contributed by atoms with Crippen molar-refractivity contribution in [3.63, 3.8) is 0 Å². The largest absolute Gasteiger partial charge is 0.508 e. The summed E-state index contributed by atoms with van der Waals surface area (Å²) in [4.78, 5) is 45.9. The number of nitrogens with zero attached hydrogens (tertiary/aromatic N) is 2. The number of benzene rings is 1. The Morgan fingerprint density at radius 2 is 1.82 bits per heavy atom. The number of carbonyl (C=O) groups excluding carboxylic acids is 3. The minimum absolute atomic E-state index is 0.0855. The van der Waals surface area contributed by atoms with Crippen LogP contribution in [-0.4, -0.2) is 133 Å². The summed E-state index contributed by atoms with van der Waals surface area (Å²) in [5, 5.41) is 67.6. The van der Waals surface area contributed by atoms with Gasteiger partial charge in [-0.15, -0.1) is 11.8 Å². The van der Waals surface area contributed by atoms with E-state index in [1.807, 2.05) is 0 Å². The number of fused-ring (bicyclic) bond motifs is 1. The lowest BCUT2D eigenvalue weighted by Crippen LogP contribution is -2.57. The van der Waals surface area contributed by atoms with Gasteiger partial charge in [-0.25, -0.2) is 4.79 Å². The summed E-state index contributed by atoms with van der Waals surface area (Å²) in [6, 6.07) is 1.80. The smallest absolute Gasteiger partial charge is 0.342 e. The third-order valence-electron chi connectivity index (χ3n) is 8.26. The molecule has 49 heavy (non-hydrogen) atoms. The predicted octanol–water partition coefficient (Wildman–Crippen LogP) is 0.495. The van der Waals surface area contributed by atoms with Crippen molar-refractivity contribution in [2.75, 3.05) is 32.1 Å². The van der Waals surface area contributed by atoms with Gasteiger partial charge in [0.15, 0.2) is 6.61 Å². The van der Waals surface area contributed by atoms with Crippen LogP contribution in [0.1, 0.15) is 54.9 Å². The van der Waals surface area contributed by atoms with Gasteiger partial charge in [-0.2, -0.15) is 0 Å². The van der Waals surface area contributed by atoms with Crippen LogP contribution in [0.3, 0.4) is 0 Å². The number of aliphatic hydroxyl groups is 4. The SMILES string of the molecule is C[C@@H]1C/C=C/[C@@H](NC(=O)CS[C@@H]2OC(CO)[C@@H](O)C(O)C2O)C/C=C/C(=N/OCC(=O)N2CCCCC2)Cc2cc(O)cc(O)c2C(=O)O1. The Morgan fingerprint density at radius 1 is 1.06 bits per heavy atom. The molecule has 3 aliphatic heterocycles. The molecule has 4 rings (SSSR count). The number of ether oxygens (including phenoxy) is 2. The molecule has 7 atom stereocenters. The van der Waals surface area contributed by atoms with Crippen molar-refractivity contribution in [3.05, 3.63) is 47.6 Å². The number of cyclic esters (lactones) is 1. The van der Waals surface area contributed by atoms with Crippen molar-refractivity contribution in [2.45, 2.75) is 87.4 Å². The molecule has 3 aliphatic rings. The van der Waals surface area contributed by atoms with E-state index in [2.05, 4.69) is 10.5 Å². The van der Waals surface area contributed by atoms with Crippen molar-refractivity contribution in [1.29, 1.82) is 0 Å². The monoisotopic (exact) mass is 707 g/mol. The molecule has 0 bridgehead atoms. The van der Waals surface area contributed by atoms with E-state index in [4.69, 9.17) is 14.3 Å². The molecular weight excluding hydrogens is 662 g/mol. The Morgan fingerprint density at radius 3 is 2.55 bits per heavy atom. The first-order chi connectivity index (χ1) is 23.5. The minimum Gasteiger partial charge on any atom is -0.508 e. The molecule has 2 fully saturated rings. The number of phenolic OH excluding ortho intramolecular Hbond substituents is 2. The molecule has 2 amide bonds. The Labute approximate surface area is 288 Å². The summed E-state index contributed by atoms with van der Waals surface area (Å²) in [5.41, 5.74) is -0.744. The highest BCUT2D eigenvalue weighted by molar-refractivity contribution is 8.00. The third kappa shape index (κ3) is 10.9. The lowest BCUT2D eigenvalue weighted by Gasteiger charge is -2.39. The zero-order valence-electron chi connectivity index (χ0n) is 27.2. The Kier molecular flexibility index (Phi) is 14.3. The van der Waals surface area contributed by atoms with Crippen LogP contribution in [0.5, 0.6) is 11.5 Å². The lowest BCUT2D eigenvalue weighted by atomic mass is 9.99. The van der Waals surface area contributed by atoms with Crippen LogP contribution in [0.25, 0.3) is 0 Å². The molecule has 0 aliphatic carbocycles. The standard InChI is InChI=1S/C33H45N3O12S/c1-19-7-5-8-21(34-26(40)18-49-33-31(44)30(43)29(42)25(16-37)48-33)9-6-10-22(35-46-17-27(41)36-11-3-2-4-12-36)13-20-14-23(38)15-24(39)28(20)32(45)47-19/h5-6,8,10,14-15,19,21,25,29-31,33,37-39,42-44H,2-4,7,9,11-13,16-18H2,1H3,(H,34,40)/b8-5+,10-6+,35-22-/t19-,21-,25?,29-,30?,31?,33+/m1/s1. The average molecular weight is 708 g/mol. The number of phenols is 2. The Bertz CT molecular complexity index is 1400. The van der Waals surface area contributed by atoms with E-state index in [1.54, 1.807) is 36.1 Å². The van der Waals surface area contributed by atoms with Crippen LogP contribution in [0.15, 0.2) is 41.6 Å². The number of aliphatic hydroxyl groups excluding tert-OH is 4. The fraction of sp³-hybridized carbons (Fsp3) is 0.576. The van der Waals surface area contributed by atoms with Crippen LogP contribution >= 0.6 is 11.8 Å². The number of hydrogen-bond acceptors (Lipinski definition) is 14. The zero-order chi connectivity index (χ0) is 35.5. The van der Waals surface area contributed by atoms with Crippen molar-refractivity contribution in [1.82, 2.24) is 10.2 Å². The molecule has 3 unspecified atom stereocenters. The summed E-state index contributed by atoms with van der Waals surface area (Å²) in [5.74, 6) is -2.39. The summed E-state index contributed by atoms with van der Waals surface area (Å²) < 4.78 is 11.0. The van der Waals surface area contributed by atoms with E-state index in [0.717, 1.165) is 37.1 Å². The number of piperidine rings is 1. The number of rotatable bonds is 8. The maximum Gasteiger partial charge on any atom is 0.342 e. The van der Waals surface area contributed by atoms with E-state index < -0.39 is 66.2 Å². The molecule has 15 nitrogen and oxygen atoms in total. The van der Waals surface area contributed by atoms with Gasteiger partial charge in [-0.05, 0) is 50.3 Å². The second-order valence-electron chi connectivity index (χ2n) is 12.2. The second-order valence-corrected chi connectivity index (χ2v) is 13.3. The molecule has 7 N–H and O–H groups in total. The second kappa shape index (κ2) is 18.4. The van der Waals surface area contributed by atoms with Crippen LogP contribution in [-0.2, 0) is 30.3 Å². The van der Waals surface area contributed by atoms with Crippen molar-refractivity contribution in [2.24, 2.45) is 5.16 Å². The number of hydrogen-bond donors (Lipinski definition) is 7. The fourth-order valence-corrected chi connectivity index (χ4v) is 6.62. The predicted molar refractivity (Wildman–Crippen MR) is 178 cm³/mol. The summed E-state index contributed by atoms with van der Waals surface area (Å²) in [6.07, 6.45) is 3.85. The molecule has 0 spiro atoms. The number of amides is 2. The van der Waals surface area contributed by atoms with E-state index >= 15 is 0 Å². The van der Waals surface area contributed by atoms with Crippen LogP contribution in [0, 0.1) is 0 Å². The van der Waals surface area contributed by atoms with Gasteiger partial charge in [0, 0.05) is 32.0 Å². The van der Waals surface area contributed by atoms with Gasteiger partial charge in [0.25, 0.3) is 5.91 Å². The first kappa shape index (κ1) is 38.1. The molecule has 0 aromatic heterocycles. The van der Waals surface area contributed by atoms with Gasteiger partial charge in [0.05, 0.1) is 24.1 Å². The highest BCUT2D eigenvalue weighted by Crippen LogP contribution is 2.30. The Hall–Kier alpha value is -3.67. The van der Waals surface area contributed by atoms with E-state index in [-0.39, 0.29) is 60.1 Å². The number of oxime groups is 1. The highest BCUT2D eigenvalue weighted by Gasteiger charge is 2.43. The normalized spacial score (nSPS) is 30.4. The average Bonchev–Trinajstić information content (AvgIpc) is 3.06. The van der Waals surface area contributed by atoms with Crippen LogP contribution in [0.2, 0.25) is 0 Å². The number of thioether (sulfide) groups is 1. The Balaban J connectivity index is 1.50. The molecule has 0 radical (unpaired) electrons. The van der Waals surface area contributed by atoms with Gasteiger partial charge < -0.3 is 55.2 Å². The van der Waals surface area contributed by atoms with E-state index in [0.29, 0.717) is 13.1 Å². The fourth-order valence-electron chi connectivity index (χ4n) is 5.64. The molecule has 3 heterocycles. The number of esters is 1. The third-order valence-corrected chi connectivity index (χ3v) is 9.40. The summed E-state index contributed by atoms with van der Waals surface area (Å²) in [7, 11) is 0. The van der Waals surface area contributed by atoms with E-state index in [1.165, 1.54) is 6.07 Å². The number of carbonyl (C=O) groups is 3. The summed E-state index contributed by atoms with van der Waals surface area (Å²) in [6.45, 7) is 2.07. The van der Waals surface area contributed by atoms with Crippen molar-refractivity contribution in [3.8, 4) is 11.5 Å². The van der Waals surface area contributed by atoms with Gasteiger partial charge in [-0.3, -0.25) is 9.59 Å². The molecule has 270 valence electrons. The van der Waals surface area contributed by atoms with Crippen LogP contribution in [0.4, 0.5) is 0 Å². The topological polar surface area (TPSA) is 228 Å². The maximum atomic E-state index is 13.2. The number of nitrogens with one attached hydrogen (secondary N) is 1. The summed E-state index contributed by atoms with van der Waals surface area (Å²) >= 11 is 0.900. The van der Waals surface area contributed by atoms with E-state index in [9.17, 15) is 45.0 Å². The number of aromatic hydroxyl groups is 2. The minimum atomic E-state index is -1.56. The lowest BCUT2D eigenvalue weighted by molar-refractivity contribution is -0.205. The maximum absolute atomic E-state index is 13.2. The van der Waals surface area contributed by atoms with Gasteiger partial charge in [0.1, 0.15) is 53.0 Å². The quantitative estimate of drug-likeness (QED) is 0.111. The first-order valence-electron chi connectivity index (χ1n) is 16.2. The molecule has 1 aromatic rings. The van der Waals surface area contributed by atoms with Crippen molar-refractivity contribution < 1.29 is 59.3 Å².